The molecule has 0 atom stereocenters. The van der Waals surface area contributed by atoms with E-state index in [-0.39, 0.29) is 0 Å². The van der Waals surface area contributed by atoms with E-state index in [0.29, 0.717) is 6.04 Å². The number of aromatic nitrogens is 2. The molecule has 2 saturated carbocycles. The summed E-state index contributed by atoms with van der Waals surface area (Å²) in [6.45, 7) is 2.13. The van der Waals surface area contributed by atoms with Gasteiger partial charge in [0.2, 0.25) is 0 Å². The smallest absolute Gasteiger partial charge is 0.125 e. The highest BCUT2D eigenvalue weighted by molar-refractivity contribution is 5.43. The minimum atomic E-state index is 0.592. The summed E-state index contributed by atoms with van der Waals surface area (Å²) < 4.78 is 2.09. The molecule has 2 N–H and O–H groups in total. The Morgan fingerprint density at radius 2 is 1.94 bits per heavy atom. The largest absolute Gasteiger partial charge is 0.384 e. The second kappa shape index (κ2) is 3.79. The Kier molecular flexibility index (Phi) is 2.41. The first-order valence-electron chi connectivity index (χ1n) is 6.59. The Labute approximate surface area is 97.0 Å². The zero-order valence-electron chi connectivity index (χ0n) is 10.1. The molecule has 2 fully saturated rings. The maximum Gasteiger partial charge on any atom is 0.125 e. The Morgan fingerprint density at radius 3 is 2.44 bits per heavy atom. The summed E-state index contributed by atoms with van der Waals surface area (Å²) in [6.07, 6.45) is 9.17. The van der Waals surface area contributed by atoms with Crippen LogP contribution in [0.15, 0.2) is 0 Å². The first-order valence-corrected chi connectivity index (χ1v) is 6.59. The summed E-state index contributed by atoms with van der Waals surface area (Å²) in [5.74, 6) is 1.79. The van der Waals surface area contributed by atoms with Crippen LogP contribution in [-0.4, -0.2) is 9.78 Å². The summed E-state index contributed by atoms with van der Waals surface area (Å²) in [5, 5.41) is 4.74. The number of hydrogen-bond acceptors (Lipinski definition) is 2. The van der Waals surface area contributed by atoms with E-state index in [2.05, 4.69) is 11.6 Å². The second-order valence-electron chi connectivity index (χ2n) is 5.49. The standard InChI is InChI=1S/C13H21N3/c1-9-12(8-10-4-2-5-10)15-16(13(9)14)11-6-3-7-11/h10-11H,2-8,14H2,1H3. The van der Waals surface area contributed by atoms with Crippen molar-refractivity contribution in [1.29, 1.82) is 0 Å². The van der Waals surface area contributed by atoms with Crippen LogP contribution in [0.4, 0.5) is 5.82 Å². The maximum absolute atomic E-state index is 6.15. The molecule has 88 valence electrons. The van der Waals surface area contributed by atoms with E-state index < -0.39 is 0 Å². The van der Waals surface area contributed by atoms with Crippen molar-refractivity contribution < 1.29 is 0 Å². The first kappa shape index (κ1) is 10.2. The van der Waals surface area contributed by atoms with Crippen LogP contribution in [0.2, 0.25) is 0 Å². The van der Waals surface area contributed by atoms with Gasteiger partial charge in [-0.2, -0.15) is 5.10 Å². The molecule has 0 bridgehead atoms. The van der Waals surface area contributed by atoms with Crippen molar-refractivity contribution in [3.63, 3.8) is 0 Å². The van der Waals surface area contributed by atoms with Gasteiger partial charge in [-0.05, 0) is 38.5 Å². The average molecular weight is 219 g/mol. The van der Waals surface area contributed by atoms with Crippen LogP contribution in [0.1, 0.15) is 55.8 Å². The molecule has 0 unspecified atom stereocenters. The van der Waals surface area contributed by atoms with E-state index in [9.17, 15) is 0 Å². The van der Waals surface area contributed by atoms with Gasteiger partial charge in [-0.3, -0.25) is 0 Å². The van der Waals surface area contributed by atoms with Gasteiger partial charge in [-0.25, -0.2) is 4.68 Å². The summed E-state index contributed by atoms with van der Waals surface area (Å²) >= 11 is 0. The van der Waals surface area contributed by atoms with Crippen molar-refractivity contribution in [2.24, 2.45) is 5.92 Å². The molecule has 0 saturated heterocycles. The van der Waals surface area contributed by atoms with Gasteiger partial charge in [0.25, 0.3) is 0 Å². The zero-order chi connectivity index (χ0) is 11.1. The molecular weight excluding hydrogens is 198 g/mol. The number of nitrogens with zero attached hydrogens (tertiary/aromatic N) is 2. The highest BCUT2D eigenvalue weighted by atomic mass is 15.3. The third-order valence-electron chi connectivity index (χ3n) is 4.42. The van der Waals surface area contributed by atoms with E-state index in [1.165, 1.54) is 49.8 Å². The minimum Gasteiger partial charge on any atom is -0.384 e. The van der Waals surface area contributed by atoms with Crippen molar-refractivity contribution in [2.75, 3.05) is 5.73 Å². The number of rotatable bonds is 3. The zero-order valence-corrected chi connectivity index (χ0v) is 10.1. The van der Waals surface area contributed by atoms with Crippen LogP contribution < -0.4 is 5.73 Å². The fourth-order valence-corrected chi connectivity index (χ4v) is 2.65. The summed E-state index contributed by atoms with van der Waals surface area (Å²) in [6, 6.07) is 0.592. The molecule has 0 aliphatic heterocycles. The number of anilines is 1. The van der Waals surface area contributed by atoms with Crippen LogP contribution in [0, 0.1) is 12.8 Å². The lowest BCUT2D eigenvalue weighted by Gasteiger charge is -2.27. The van der Waals surface area contributed by atoms with Crippen LogP contribution in [0.5, 0.6) is 0 Å². The van der Waals surface area contributed by atoms with Gasteiger partial charge >= 0.3 is 0 Å². The van der Waals surface area contributed by atoms with Crippen LogP contribution in [-0.2, 0) is 6.42 Å². The molecule has 2 aliphatic rings. The fraction of sp³-hybridized carbons (Fsp3) is 0.769. The van der Waals surface area contributed by atoms with E-state index >= 15 is 0 Å². The molecule has 0 radical (unpaired) electrons. The van der Waals surface area contributed by atoms with Gasteiger partial charge in [-0.15, -0.1) is 0 Å². The Balaban J connectivity index is 1.81. The summed E-state index contributed by atoms with van der Waals surface area (Å²) in [5.41, 5.74) is 8.64. The van der Waals surface area contributed by atoms with Crippen LogP contribution >= 0.6 is 0 Å². The van der Waals surface area contributed by atoms with Gasteiger partial charge in [0.05, 0.1) is 11.7 Å². The van der Waals surface area contributed by atoms with Crippen molar-refractivity contribution in [2.45, 2.75) is 57.9 Å². The molecule has 16 heavy (non-hydrogen) atoms. The Morgan fingerprint density at radius 1 is 1.25 bits per heavy atom. The van der Waals surface area contributed by atoms with E-state index in [0.717, 1.165) is 18.2 Å². The first-order chi connectivity index (χ1) is 7.75. The van der Waals surface area contributed by atoms with Gasteiger partial charge in [-0.1, -0.05) is 19.3 Å². The highest BCUT2D eigenvalue weighted by Gasteiger charge is 2.26. The van der Waals surface area contributed by atoms with Crippen molar-refractivity contribution in [3.05, 3.63) is 11.3 Å². The van der Waals surface area contributed by atoms with E-state index in [1.54, 1.807) is 0 Å². The third-order valence-corrected chi connectivity index (χ3v) is 4.42. The van der Waals surface area contributed by atoms with Gasteiger partial charge < -0.3 is 5.73 Å². The van der Waals surface area contributed by atoms with E-state index in [1.807, 2.05) is 0 Å². The number of hydrogen-bond donors (Lipinski definition) is 1. The predicted molar refractivity (Wildman–Crippen MR) is 65.3 cm³/mol. The lowest BCUT2D eigenvalue weighted by Crippen LogP contribution is -2.20. The Hall–Kier alpha value is -0.990. The number of nitrogen functional groups attached to an aromatic ring is 1. The molecule has 0 amide bonds. The van der Waals surface area contributed by atoms with Gasteiger partial charge in [0, 0.05) is 5.56 Å². The normalized spacial score (nSPS) is 21.8. The van der Waals surface area contributed by atoms with Crippen molar-refractivity contribution in [1.82, 2.24) is 9.78 Å². The Bertz CT molecular complexity index is 386. The summed E-state index contributed by atoms with van der Waals surface area (Å²) in [4.78, 5) is 0. The molecule has 2 aliphatic carbocycles. The molecule has 1 aromatic heterocycles. The SMILES string of the molecule is Cc1c(CC2CCC2)nn(C2CCC2)c1N. The second-order valence-corrected chi connectivity index (χ2v) is 5.49. The molecule has 0 aromatic carbocycles. The molecule has 3 heteroatoms. The number of nitrogens with two attached hydrogens (primary N) is 1. The molecule has 3 nitrogen and oxygen atoms in total. The van der Waals surface area contributed by atoms with Crippen LogP contribution in [0.25, 0.3) is 0 Å². The lowest BCUT2D eigenvalue weighted by molar-refractivity contribution is 0.285. The predicted octanol–water partition coefficient (Wildman–Crippen LogP) is 2.84. The van der Waals surface area contributed by atoms with Gasteiger partial charge in [0.15, 0.2) is 0 Å². The monoisotopic (exact) mass is 219 g/mol. The van der Waals surface area contributed by atoms with Crippen molar-refractivity contribution in [3.8, 4) is 0 Å². The lowest BCUT2D eigenvalue weighted by atomic mass is 9.82. The molecule has 0 spiro atoms. The summed E-state index contributed by atoms with van der Waals surface area (Å²) in [7, 11) is 0. The molecular formula is C13H21N3. The van der Waals surface area contributed by atoms with Crippen LogP contribution in [0.3, 0.4) is 0 Å². The minimum absolute atomic E-state index is 0.592. The maximum atomic E-state index is 6.15. The van der Waals surface area contributed by atoms with Gasteiger partial charge in [0.1, 0.15) is 5.82 Å². The molecule has 3 rings (SSSR count). The molecule has 1 aromatic rings. The quantitative estimate of drug-likeness (QED) is 0.849. The average Bonchev–Trinajstić information content (AvgIpc) is 2.38. The van der Waals surface area contributed by atoms with E-state index in [4.69, 9.17) is 10.8 Å². The fourth-order valence-electron chi connectivity index (χ4n) is 2.65. The topological polar surface area (TPSA) is 43.8 Å². The third kappa shape index (κ3) is 1.53. The molecule has 1 heterocycles. The highest BCUT2D eigenvalue weighted by Crippen LogP contribution is 2.36. The van der Waals surface area contributed by atoms with Crippen molar-refractivity contribution >= 4 is 5.82 Å².